The van der Waals surface area contributed by atoms with Crippen LogP contribution in [0.15, 0.2) is 12.2 Å². The van der Waals surface area contributed by atoms with Crippen LogP contribution in [0.2, 0.25) is 0 Å². The summed E-state index contributed by atoms with van der Waals surface area (Å²) in [6.45, 7) is 3.96. The van der Waals surface area contributed by atoms with Gasteiger partial charge in [0.05, 0.1) is 6.61 Å². The highest BCUT2D eigenvalue weighted by Crippen LogP contribution is 2.09. The molecule has 0 spiro atoms. The molecule has 0 rings (SSSR count). The van der Waals surface area contributed by atoms with Crippen LogP contribution >= 0.6 is 0 Å². The first-order chi connectivity index (χ1) is 14.1. The molecule has 0 bridgehead atoms. The van der Waals surface area contributed by atoms with Crippen LogP contribution in [0.4, 0.5) is 0 Å². The third kappa shape index (κ3) is 19.7. The van der Waals surface area contributed by atoms with E-state index in [0.29, 0.717) is 19.3 Å². The van der Waals surface area contributed by atoms with E-state index in [2.05, 4.69) is 19.9 Å². The second kappa shape index (κ2) is 21.4. The fourth-order valence-corrected chi connectivity index (χ4v) is 2.98. The van der Waals surface area contributed by atoms with Crippen LogP contribution in [0.3, 0.4) is 0 Å². The number of carbonyl (C=O) groups is 2. The first-order valence-electron chi connectivity index (χ1n) is 11.7. The Bertz CT molecular complexity index is 419. The Morgan fingerprint density at radius 3 is 2.00 bits per heavy atom. The molecule has 0 aromatic carbocycles. The molecular weight excluding hydrogens is 368 g/mol. The zero-order valence-electron chi connectivity index (χ0n) is 18.8. The van der Waals surface area contributed by atoms with E-state index in [9.17, 15) is 14.7 Å². The van der Waals surface area contributed by atoms with Gasteiger partial charge >= 0.3 is 11.9 Å². The summed E-state index contributed by atoms with van der Waals surface area (Å²) in [6, 6.07) is 0. The topological polar surface area (TPSA) is 72.8 Å². The summed E-state index contributed by atoms with van der Waals surface area (Å²) in [7, 11) is 0. The van der Waals surface area contributed by atoms with Gasteiger partial charge in [0.15, 0.2) is 6.10 Å². The van der Waals surface area contributed by atoms with Gasteiger partial charge in [0.25, 0.3) is 0 Å². The fourth-order valence-electron chi connectivity index (χ4n) is 2.98. The second-order valence-electron chi connectivity index (χ2n) is 7.71. The van der Waals surface area contributed by atoms with E-state index in [-0.39, 0.29) is 25.2 Å². The fraction of sp³-hybridized carbons (Fsp3) is 0.833. The van der Waals surface area contributed by atoms with Crippen molar-refractivity contribution in [3.05, 3.63) is 12.2 Å². The van der Waals surface area contributed by atoms with E-state index < -0.39 is 6.10 Å². The molecule has 29 heavy (non-hydrogen) atoms. The van der Waals surface area contributed by atoms with Crippen LogP contribution in [-0.2, 0) is 19.1 Å². The SMILES string of the molecule is CCCCCCC/C=C\CCC(=O)OC[C@H](CO)OC(=O)CCCCCCCC. The molecule has 0 amide bonds. The Hall–Kier alpha value is -1.36. The van der Waals surface area contributed by atoms with Crippen LogP contribution in [0.1, 0.15) is 110 Å². The van der Waals surface area contributed by atoms with E-state index in [1.165, 1.54) is 51.4 Å². The van der Waals surface area contributed by atoms with Gasteiger partial charge < -0.3 is 14.6 Å². The van der Waals surface area contributed by atoms with Crippen LogP contribution in [0.5, 0.6) is 0 Å². The van der Waals surface area contributed by atoms with Crippen LogP contribution in [0.25, 0.3) is 0 Å². The third-order valence-corrected chi connectivity index (χ3v) is 4.82. The highest BCUT2D eigenvalue weighted by atomic mass is 16.6. The molecular formula is C24H44O5. The second-order valence-corrected chi connectivity index (χ2v) is 7.71. The van der Waals surface area contributed by atoms with E-state index in [4.69, 9.17) is 9.47 Å². The lowest BCUT2D eigenvalue weighted by Gasteiger charge is -2.15. The Kier molecular flexibility index (Phi) is 20.3. The molecule has 1 N–H and O–H groups in total. The Balaban J connectivity index is 3.73. The van der Waals surface area contributed by atoms with E-state index >= 15 is 0 Å². The van der Waals surface area contributed by atoms with Crippen molar-refractivity contribution >= 4 is 11.9 Å². The minimum absolute atomic E-state index is 0.0846. The Labute approximate surface area is 178 Å². The molecule has 5 nitrogen and oxygen atoms in total. The minimum Gasteiger partial charge on any atom is -0.462 e. The van der Waals surface area contributed by atoms with Crippen LogP contribution in [-0.4, -0.2) is 36.4 Å². The summed E-state index contributed by atoms with van der Waals surface area (Å²) in [4.78, 5) is 23.6. The van der Waals surface area contributed by atoms with Gasteiger partial charge in [-0.05, 0) is 25.7 Å². The van der Waals surface area contributed by atoms with Crippen molar-refractivity contribution in [2.75, 3.05) is 13.2 Å². The molecule has 0 aromatic heterocycles. The van der Waals surface area contributed by atoms with Crippen LogP contribution < -0.4 is 0 Å². The number of ether oxygens (including phenoxy) is 2. The number of esters is 2. The summed E-state index contributed by atoms with van der Waals surface area (Å²) >= 11 is 0. The molecule has 0 aliphatic heterocycles. The smallest absolute Gasteiger partial charge is 0.306 e. The normalized spacial score (nSPS) is 12.2. The van der Waals surface area contributed by atoms with Gasteiger partial charge in [-0.15, -0.1) is 0 Å². The van der Waals surface area contributed by atoms with Crippen molar-refractivity contribution in [1.29, 1.82) is 0 Å². The molecule has 0 aliphatic carbocycles. The van der Waals surface area contributed by atoms with Crippen molar-refractivity contribution < 1.29 is 24.2 Å². The summed E-state index contributed by atoms with van der Waals surface area (Å²) in [6.07, 6.45) is 18.6. The highest BCUT2D eigenvalue weighted by molar-refractivity contribution is 5.70. The van der Waals surface area contributed by atoms with E-state index in [1.54, 1.807) is 0 Å². The molecule has 0 aliphatic rings. The van der Waals surface area contributed by atoms with Crippen molar-refractivity contribution in [2.45, 2.75) is 116 Å². The van der Waals surface area contributed by atoms with Gasteiger partial charge in [-0.2, -0.15) is 0 Å². The summed E-state index contributed by atoms with van der Waals surface area (Å²) in [5.74, 6) is -0.666. The quantitative estimate of drug-likeness (QED) is 0.153. The lowest BCUT2D eigenvalue weighted by Crippen LogP contribution is -2.28. The molecule has 1 atom stereocenters. The van der Waals surface area contributed by atoms with Crippen LogP contribution in [0, 0.1) is 0 Å². The molecule has 0 radical (unpaired) electrons. The number of carbonyl (C=O) groups excluding carboxylic acids is 2. The number of unbranched alkanes of at least 4 members (excludes halogenated alkanes) is 10. The molecule has 0 saturated heterocycles. The highest BCUT2D eigenvalue weighted by Gasteiger charge is 2.15. The number of rotatable bonds is 20. The molecule has 170 valence electrons. The zero-order valence-corrected chi connectivity index (χ0v) is 18.8. The lowest BCUT2D eigenvalue weighted by atomic mass is 10.1. The molecule has 0 fully saturated rings. The van der Waals surface area contributed by atoms with Crippen molar-refractivity contribution in [3.63, 3.8) is 0 Å². The van der Waals surface area contributed by atoms with Crippen molar-refractivity contribution in [3.8, 4) is 0 Å². The summed E-state index contributed by atoms with van der Waals surface area (Å²) in [5, 5.41) is 9.33. The predicted molar refractivity (Wildman–Crippen MR) is 118 cm³/mol. The van der Waals surface area contributed by atoms with Crippen molar-refractivity contribution in [1.82, 2.24) is 0 Å². The summed E-state index contributed by atoms with van der Waals surface area (Å²) in [5.41, 5.74) is 0. The van der Waals surface area contributed by atoms with E-state index in [1.807, 2.05) is 6.08 Å². The van der Waals surface area contributed by atoms with Crippen molar-refractivity contribution in [2.24, 2.45) is 0 Å². The van der Waals surface area contributed by atoms with Gasteiger partial charge in [0, 0.05) is 12.8 Å². The minimum atomic E-state index is -0.773. The number of hydrogen-bond acceptors (Lipinski definition) is 5. The van der Waals surface area contributed by atoms with Gasteiger partial charge in [-0.25, -0.2) is 0 Å². The molecule has 0 heterocycles. The van der Waals surface area contributed by atoms with Gasteiger partial charge in [0.1, 0.15) is 6.61 Å². The lowest BCUT2D eigenvalue weighted by molar-refractivity contribution is -0.161. The number of aliphatic hydroxyl groups excluding tert-OH is 1. The molecule has 0 saturated carbocycles. The molecule has 0 aromatic rings. The largest absolute Gasteiger partial charge is 0.462 e. The number of hydrogen-bond donors (Lipinski definition) is 1. The van der Waals surface area contributed by atoms with Gasteiger partial charge in [-0.1, -0.05) is 83.8 Å². The number of allylic oxidation sites excluding steroid dienone is 2. The average molecular weight is 413 g/mol. The molecule has 0 unspecified atom stereocenters. The monoisotopic (exact) mass is 412 g/mol. The Morgan fingerprint density at radius 2 is 1.34 bits per heavy atom. The third-order valence-electron chi connectivity index (χ3n) is 4.82. The van der Waals surface area contributed by atoms with Gasteiger partial charge in [-0.3, -0.25) is 9.59 Å². The summed E-state index contributed by atoms with van der Waals surface area (Å²) < 4.78 is 10.3. The first-order valence-corrected chi connectivity index (χ1v) is 11.7. The maximum absolute atomic E-state index is 11.8. The standard InChI is InChI=1S/C24H44O5/c1-3-5-7-9-11-12-13-15-16-18-23(26)28-21-22(20-25)29-24(27)19-17-14-10-8-6-4-2/h13,15,22,25H,3-12,14,16-21H2,1-2H3/b15-13-/t22-/m0/s1. The Morgan fingerprint density at radius 1 is 0.759 bits per heavy atom. The van der Waals surface area contributed by atoms with E-state index in [0.717, 1.165) is 25.7 Å². The predicted octanol–water partition coefficient (Wildman–Crippen LogP) is 5.88. The number of aliphatic hydroxyl groups is 1. The zero-order chi connectivity index (χ0) is 21.6. The first kappa shape index (κ1) is 27.6. The molecule has 5 heteroatoms. The van der Waals surface area contributed by atoms with Gasteiger partial charge in [0.2, 0.25) is 0 Å². The average Bonchev–Trinajstić information content (AvgIpc) is 2.72. The maximum atomic E-state index is 11.8. The maximum Gasteiger partial charge on any atom is 0.306 e.